The quantitative estimate of drug-likeness (QED) is 0.847. The molecule has 1 aliphatic heterocycles. The number of hydrogen-bond donors (Lipinski definition) is 1. The summed E-state index contributed by atoms with van der Waals surface area (Å²) in [6.07, 6.45) is 0.954. The first-order valence-corrected chi connectivity index (χ1v) is 8.91. The predicted octanol–water partition coefficient (Wildman–Crippen LogP) is 3.06. The fourth-order valence-electron chi connectivity index (χ4n) is 3.04. The highest BCUT2D eigenvalue weighted by molar-refractivity contribution is 6.31. The van der Waals surface area contributed by atoms with Gasteiger partial charge in [0.15, 0.2) is 0 Å². The van der Waals surface area contributed by atoms with Gasteiger partial charge in [0.2, 0.25) is 11.8 Å². The van der Waals surface area contributed by atoms with Gasteiger partial charge in [-0.2, -0.15) is 0 Å². The number of ether oxygens (including phenoxy) is 1. The molecular formula is C20H21ClN2O3. The average Bonchev–Trinajstić information content (AvgIpc) is 3.04. The van der Waals surface area contributed by atoms with Crippen LogP contribution in [0.1, 0.15) is 12.0 Å². The van der Waals surface area contributed by atoms with Gasteiger partial charge in [0.05, 0.1) is 13.0 Å². The molecule has 0 radical (unpaired) electrons. The Labute approximate surface area is 157 Å². The minimum atomic E-state index is -0.336. The lowest BCUT2D eigenvalue weighted by Gasteiger charge is -2.17. The van der Waals surface area contributed by atoms with Gasteiger partial charge in [0.1, 0.15) is 5.75 Å². The highest BCUT2D eigenvalue weighted by Crippen LogP contribution is 2.27. The van der Waals surface area contributed by atoms with E-state index >= 15 is 0 Å². The molecule has 0 bridgehead atoms. The Kier molecular flexibility index (Phi) is 5.78. The van der Waals surface area contributed by atoms with Crippen molar-refractivity contribution in [2.45, 2.75) is 12.8 Å². The van der Waals surface area contributed by atoms with E-state index in [0.29, 0.717) is 18.1 Å². The largest absolute Gasteiger partial charge is 0.497 e. The summed E-state index contributed by atoms with van der Waals surface area (Å²) in [7, 11) is 1.63. The van der Waals surface area contributed by atoms with Gasteiger partial charge in [0, 0.05) is 30.2 Å². The van der Waals surface area contributed by atoms with Gasteiger partial charge in [0.25, 0.3) is 0 Å². The number of halogens is 1. The highest BCUT2D eigenvalue weighted by atomic mass is 35.5. The van der Waals surface area contributed by atoms with E-state index in [9.17, 15) is 9.59 Å². The van der Waals surface area contributed by atoms with Crippen molar-refractivity contribution in [3.8, 4) is 5.75 Å². The molecule has 1 saturated heterocycles. The van der Waals surface area contributed by atoms with Crippen LogP contribution in [0.25, 0.3) is 0 Å². The third-order valence-corrected chi connectivity index (χ3v) is 4.72. The maximum Gasteiger partial charge on any atom is 0.227 e. The number of benzene rings is 2. The maximum absolute atomic E-state index is 12.4. The van der Waals surface area contributed by atoms with Gasteiger partial charge in [-0.05, 0) is 42.3 Å². The van der Waals surface area contributed by atoms with Crippen molar-refractivity contribution in [2.75, 3.05) is 25.1 Å². The molecule has 0 spiro atoms. The normalized spacial score (nSPS) is 16.6. The molecule has 1 aliphatic rings. The van der Waals surface area contributed by atoms with Gasteiger partial charge < -0.3 is 15.0 Å². The topological polar surface area (TPSA) is 58.6 Å². The Bertz CT molecular complexity index is 792. The number of carbonyl (C=O) groups excluding carboxylic acids is 2. The molecule has 6 heteroatoms. The number of hydrogen-bond acceptors (Lipinski definition) is 3. The summed E-state index contributed by atoms with van der Waals surface area (Å²) in [6.45, 7) is 0.917. The fourth-order valence-corrected chi connectivity index (χ4v) is 3.23. The van der Waals surface area contributed by atoms with Crippen LogP contribution in [0.3, 0.4) is 0 Å². The van der Waals surface area contributed by atoms with Crippen molar-refractivity contribution in [2.24, 2.45) is 5.92 Å². The molecule has 2 aromatic carbocycles. The predicted molar refractivity (Wildman–Crippen MR) is 102 cm³/mol. The standard InChI is InChI=1S/C20H21ClN2O3/c1-26-18-7-5-14(6-8-18)9-10-22-20(25)15-11-19(24)23(13-15)17-4-2-3-16(21)12-17/h2-8,12,15H,9-11,13H2,1H3,(H,22,25). The smallest absolute Gasteiger partial charge is 0.227 e. The Morgan fingerprint density at radius 1 is 1.27 bits per heavy atom. The molecule has 1 atom stereocenters. The molecule has 1 unspecified atom stereocenters. The van der Waals surface area contributed by atoms with Crippen LogP contribution >= 0.6 is 11.6 Å². The summed E-state index contributed by atoms with van der Waals surface area (Å²) < 4.78 is 5.13. The lowest BCUT2D eigenvalue weighted by atomic mass is 10.1. The number of carbonyl (C=O) groups is 2. The average molecular weight is 373 g/mol. The zero-order valence-electron chi connectivity index (χ0n) is 14.6. The van der Waals surface area contributed by atoms with Crippen LogP contribution in [0.4, 0.5) is 5.69 Å². The molecule has 2 aromatic rings. The molecule has 0 aromatic heterocycles. The van der Waals surface area contributed by atoms with Crippen molar-refractivity contribution in [3.05, 3.63) is 59.1 Å². The number of nitrogens with one attached hydrogen (secondary N) is 1. The third kappa shape index (κ3) is 4.35. The molecule has 0 aliphatic carbocycles. The Hall–Kier alpha value is -2.53. The Morgan fingerprint density at radius 2 is 2.04 bits per heavy atom. The number of nitrogens with zero attached hydrogens (tertiary/aromatic N) is 1. The van der Waals surface area contributed by atoms with Crippen molar-refractivity contribution in [1.29, 1.82) is 0 Å². The molecule has 1 heterocycles. The van der Waals surface area contributed by atoms with Crippen LogP contribution < -0.4 is 15.0 Å². The van der Waals surface area contributed by atoms with E-state index in [2.05, 4.69) is 5.32 Å². The lowest BCUT2D eigenvalue weighted by Crippen LogP contribution is -2.34. The number of methoxy groups -OCH3 is 1. The first kappa shape index (κ1) is 18.3. The Morgan fingerprint density at radius 3 is 2.73 bits per heavy atom. The van der Waals surface area contributed by atoms with Gasteiger partial charge in [-0.25, -0.2) is 0 Å². The van der Waals surface area contributed by atoms with Gasteiger partial charge in [-0.1, -0.05) is 29.8 Å². The van der Waals surface area contributed by atoms with E-state index in [4.69, 9.17) is 16.3 Å². The molecule has 1 fully saturated rings. The van der Waals surface area contributed by atoms with E-state index in [1.54, 1.807) is 30.2 Å². The van der Waals surface area contributed by atoms with Crippen LogP contribution in [-0.2, 0) is 16.0 Å². The minimum Gasteiger partial charge on any atom is -0.497 e. The van der Waals surface area contributed by atoms with Crippen molar-refractivity contribution in [1.82, 2.24) is 5.32 Å². The van der Waals surface area contributed by atoms with E-state index < -0.39 is 0 Å². The summed E-state index contributed by atoms with van der Waals surface area (Å²) in [5.41, 5.74) is 1.85. The minimum absolute atomic E-state index is 0.0532. The first-order valence-electron chi connectivity index (χ1n) is 8.53. The van der Waals surface area contributed by atoms with Crippen molar-refractivity contribution >= 4 is 29.1 Å². The summed E-state index contributed by atoms with van der Waals surface area (Å²) in [5, 5.41) is 3.50. The van der Waals surface area contributed by atoms with E-state index in [1.165, 1.54) is 0 Å². The second-order valence-electron chi connectivity index (χ2n) is 6.27. The van der Waals surface area contributed by atoms with Crippen LogP contribution in [-0.4, -0.2) is 32.0 Å². The molecule has 136 valence electrons. The van der Waals surface area contributed by atoms with E-state index in [0.717, 1.165) is 23.4 Å². The van der Waals surface area contributed by atoms with Crippen LogP contribution in [0.5, 0.6) is 5.75 Å². The Balaban J connectivity index is 1.51. The number of amides is 2. The van der Waals surface area contributed by atoms with Crippen molar-refractivity contribution < 1.29 is 14.3 Å². The molecular weight excluding hydrogens is 352 g/mol. The zero-order valence-corrected chi connectivity index (χ0v) is 15.3. The van der Waals surface area contributed by atoms with Crippen LogP contribution in [0.15, 0.2) is 48.5 Å². The second kappa shape index (κ2) is 8.23. The SMILES string of the molecule is COc1ccc(CCNC(=O)C2CC(=O)N(c3cccc(Cl)c3)C2)cc1. The van der Waals surface area contributed by atoms with Crippen molar-refractivity contribution in [3.63, 3.8) is 0 Å². The third-order valence-electron chi connectivity index (χ3n) is 4.49. The van der Waals surface area contributed by atoms with Gasteiger partial charge in [-0.15, -0.1) is 0 Å². The molecule has 0 saturated carbocycles. The summed E-state index contributed by atoms with van der Waals surface area (Å²) >= 11 is 5.99. The molecule has 26 heavy (non-hydrogen) atoms. The molecule has 5 nitrogen and oxygen atoms in total. The first-order chi connectivity index (χ1) is 12.6. The van der Waals surface area contributed by atoms with Gasteiger partial charge >= 0.3 is 0 Å². The molecule has 1 N–H and O–H groups in total. The zero-order chi connectivity index (χ0) is 18.5. The highest BCUT2D eigenvalue weighted by Gasteiger charge is 2.34. The van der Waals surface area contributed by atoms with E-state index in [1.807, 2.05) is 30.3 Å². The van der Waals surface area contributed by atoms with Crippen LogP contribution in [0, 0.1) is 5.92 Å². The number of anilines is 1. The summed E-state index contributed by atoms with van der Waals surface area (Å²) in [6, 6.07) is 14.9. The lowest BCUT2D eigenvalue weighted by molar-refractivity contribution is -0.126. The van der Waals surface area contributed by atoms with E-state index in [-0.39, 0.29) is 24.2 Å². The van der Waals surface area contributed by atoms with Crippen LogP contribution in [0.2, 0.25) is 5.02 Å². The summed E-state index contributed by atoms with van der Waals surface area (Å²) in [5.74, 6) is 0.333. The molecule has 3 rings (SSSR count). The second-order valence-corrected chi connectivity index (χ2v) is 6.71. The maximum atomic E-state index is 12.4. The number of rotatable bonds is 6. The molecule has 2 amide bonds. The summed E-state index contributed by atoms with van der Waals surface area (Å²) in [4.78, 5) is 26.3. The monoisotopic (exact) mass is 372 g/mol. The fraction of sp³-hybridized carbons (Fsp3) is 0.300. The van der Waals surface area contributed by atoms with Gasteiger partial charge in [-0.3, -0.25) is 9.59 Å².